The van der Waals surface area contributed by atoms with Crippen molar-refractivity contribution in [1.29, 1.82) is 0 Å². The number of rotatable bonds is 4. The fraction of sp³-hybridized carbons (Fsp3) is 0.357. The predicted octanol–water partition coefficient (Wildman–Crippen LogP) is 3.66. The molecule has 3 nitrogen and oxygen atoms in total. The maximum absolute atomic E-state index is 13.1. The normalized spacial score (nSPS) is 10.8. The van der Waals surface area contributed by atoms with Gasteiger partial charge in [-0.1, -0.05) is 18.5 Å². The molecule has 102 valence electrons. The van der Waals surface area contributed by atoms with Gasteiger partial charge in [-0.25, -0.2) is 4.39 Å². The maximum atomic E-state index is 13.1. The third-order valence-electron chi connectivity index (χ3n) is 3.01. The van der Waals surface area contributed by atoms with Crippen LogP contribution in [0.5, 0.6) is 5.75 Å². The Morgan fingerprint density at radius 3 is 2.74 bits per heavy atom. The van der Waals surface area contributed by atoms with Gasteiger partial charge in [0.05, 0.1) is 16.4 Å². The van der Waals surface area contributed by atoms with E-state index in [0.29, 0.717) is 22.9 Å². The molecule has 0 saturated heterocycles. The standard InChI is InChI=1S/C14H16ClFN2O/c1-4-12-14(15)13(18(3)17-12)8-19-10-5-6-11(16)9(2)7-10/h5-7H,4,8H2,1-3H3. The SMILES string of the molecule is CCc1nn(C)c(COc2ccc(F)c(C)c2)c1Cl. The number of halogens is 2. The second kappa shape index (κ2) is 5.61. The number of aryl methyl sites for hydroxylation is 3. The Hall–Kier alpha value is -1.55. The van der Waals surface area contributed by atoms with Crippen LogP contribution in [0, 0.1) is 12.7 Å². The first kappa shape index (κ1) is 13.9. The average Bonchev–Trinajstić information content (AvgIpc) is 2.66. The molecule has 2 rings (SSSR count). The lowest BCUT2D eigenvalue weighted by Crippen LogP contribution is -2.03. The van der Waals surface area contributed by atoms with Crippen LogP contribution in [0.25, 0.3) is 0 Å². The Morgan fingerprint density at radius 1 is 1.42 bits per heavy atom. The van der Waals surface area contributed by atoms with Gasteiger partial charge < -0.3 is 4.74 Å². The first-order valence-corrected chi connectivity index (χ1v) is 6.50. The summed E-state index contributed by atoms with van der Waals surface area (Å²) < 4.78 is 20.5. The van der Waals surface area contributed by atoms with E-state index in [9.17, 15) is 4.39 Å². The molecule has 0 fully saturated rings. The van der Waals surface area contributed by atoms with Crippen LogP contribution >= 0.6 is 11.6 Å². The van der Waals surface area contributed by atoms with E-state index in [4.69, 9.17) is 16.3 Å². The van der Waals surface area contributed by atoms with Crippen molar-refractivity contribution in [3.8, 4) is 5.75 Å². The van der Waals surface area contributed by atoms with E-state index >= 15 is 0 Å². The summed E-state index contributed by atoms with van der Waals surface area (Å²) in [6, 6.07) is 4.67. The van der Waals surface area contributed by atoms with Crippen molar-refractivity contribution in [3.05, 3.63) is 46.0 Å². The largest absolute Gasteiger partial charge is 0.487 e. The minimum atomic E-state index is -0.237. The van der Waals surface area contributed by atoms with Gasteiger partial charge in [-0.05, 0) is 37.1 Å². The van der Waals surface area contributed by atoms with Gasteiger partial charge in [0.1, 0.15) is 18.2 Å². The number of benzene rings is 1. The quantitative estimate of drug-likeness (QED) is 0.856. The van der Waals surface area contributed by atoms with E-state index in [0.717, 1.165) is 17.8 Å². The summed E-state index contributed by atoms with van der Waals surface area (Å²) in [4.78, 5) is 0. The highest BCUT2D eigenvalue weighted by atomic mass is 35.5. The predicted molar refractivity (Wildman–Crippen MR) is 73.1 cm³/mol. The number of nitrogens with zero attached hydrogens (tertiary/aromatic N) is 2. The summed E-state index contributed by atoms with van der Waals surface area (Å²) in [5, 5.41) is 4.96. The number of hydrogen-bond donors (Lipinski definition) is 0. The minimum Gasteiger partial charge on any atom is -0.487 e. The first-order valence-electron chi connectivity index (χ1n) is 6.12. The van der Waals surface area contributed by atoms with Gasteiger partial charge in [-0.2, -0.15) is 5.10 Å². The third-order valence-corrected chi connectivity index (χ3v) is 3.44. The van der Waals surface area contributed by atoms with Gasteiger partial charge in [-0.15, -0.1) is 0 Å². The molecule has 0 bridgehead atoms. The number of ether oxygens (including phenoxy) is 1. The highest BCUT2D eigenvalue weighted by molar-refractivity contribution is 6.31. The lowest BCUT2D eigenvalue weighted by atomic mass is 10.2. The molecule has 0 saturated carbocycles. The monoisotopic (exact) mass is 282 g/mol. The molecule has 0 amide bonds. The molecule has 5 heteroatoms. The van der Waals surface area contributed by atoms with Gasteiger partial charge in [0, 0.05) is 7.05 Å². The minimum absolute atomic E-state index is 0.237. The topological polar surface area (TPSA) is 27.1 Å². The van der Waals surface area contributed by atoms with E-state index < -0.39 is 0 Å². The Labute approximate surface area is 117 Å². The second-order valence-electron chi connectivity index (χ2n) is 4.38. The molecule has 0 radical (unpaired) electrons. The van der Waals surface area contributed by atoms with Crippen molar-refractivity contribution in [2.75, 3.05) is 0 Å². The van der Waals surface area contributed by atoms with Crippen molar-refractivity contribution in [2.24, 2.45) is 7.05 Å². The molecule has 2 aromatic rings. The van der Waals surface area contributed by atoms with Crippen LogP contribution in [-0.4, -0.2) is 9.78 Å². The lowest BCUT2D eigenvalue weighted by Gasteiger charge is -2.08. The zero-order chi connectivity index (χ0) is 14.0. The Kier molecular flexibility index (Phi) is 4.10. The van der Waals surface area contributed by atoms with Crippen molar-refractivity contribution < 1.29 is 9.13 Å². The van der Waals surface area contributed by atoms with Crippen LogP contribution < -0.4 is 4.74 Å². The Bertz CT molecular complexity index is 595. The number of aromatic nitrogens is 2. The van der Waals surface area contributed by atoms with Gasteiger partial charge in [0.15, 0.2) is 0 Å². The molecular formula is C14H16ClFN2O. The molecule has 0 aliphatic carbocycles. The van der Waals surface area contributed by atoms with Crippen molar-refractivity contribution in [2.45, 2.75) is 26.9 Å². The van der Waals surface area contributed by atoms with Crippen molar-refractivity contribution in [3.63, 3.8) is 0 Å². The molecule has 1 heterocycles. The van der Waals surface area contributed by atoms with E-state index in [-0.39, 0.29) is 5.82 Å². The highest BCUT2D eigenvalue weighted by Gasteiger charge is 2.13. The van der Waals surface area contributed by atoms with Crippen LogP contribution in [0.3, 0.4) is 0 Å². The Morgan fingerprint density at radius 2 is 2.16 bits per heavy atom. The van der Waals surface area contributed by atoms with Gasteiger partial charge in [-0.3, -0.25) is 4.68 Å². The molecule has 0 unspecified atom stereocenters. The summed E-state index contributed by atoms with van der Waals surface area (Å²) in [6.07, 6.45) is 0.780. The van der Waals surface area contributed by atoms with Crippen LogP contribution in [0.15, 0.2) is 18.2 Å². The van der Waals surface area contributed by atoms with Gasteiger partial charge in [0.25, 0.3) is 0 Å². The Balaban J connectivity index is 2.14. The van der Waals surface area contributed by atoms with Crippen molar-refractivity contribution in [1.82, 2.24) is 9.78 Å². The van der Waals surface area contributed by atoms with Crippen molar-refractivity contribution >= 4 is 11.6 Å². The third kappa shape index (κ3) is 2.89. The fourth-order valence-corrected chi connectivity index (χ4v) is 2.18. The zero-order valence-electron chi connectivity index (χ0n) is 11.2. The van der Waals surface area contributed by atoms with E-state index in [2.05, 4.69) is 5.10 Å². The molecule has 1 aromatic carbocycles. The van der Waals surface area contributed by atoms with E-state index in [1.165, 1.54) is 6.07 Å². The fourth-order valence-electron chi connectivity index (χ4n) is 1.84. The maximum Gasteiger partial charge on any atom is 0.131 e. The zero-order valence-corrected chi connectivity index (χ0v) is 12.0. The second-order valence-corrected chi connectivity index (χ2v) is 4.76. The lowest BCUT2D eigenvalue weighted by molar-refractivity contribution is 0.294. The summed E-state index contributed by atoms with van der Waals surface area (Å²) in [6.45, 7) is 4.02. The van der Waals surface area contributed by atoms with Gasteiger partial charge in [0.2, 0.25) is 0 Å². The van der Waals surface area contributed by atoms with Crippen LogP contribution in [0.1, 0.15) is 23.9 Å². The highest BCUT2D eigenvalue weighted by Crippen LogP contribution is 2.23. The first-order chi connectivity index (χ1) is 9.02. The summed E-state index contributed by atoms with van der Waals surface area (Å²) >= 11 is 6.23. The summed E-state index contributed by atoms with van der Waals surface area (Å²) in [5.74, 6) is 0.383. The van der Waals surface area contributed by atoms with Crippen LogP contribution in [0.4, 0.5) is 4.39 Å². The van der Waals surface area contributed by atoms with E-state index in [1.54, 1.807) is 23.7 Å². The van der Waals surface area contributed by atoms with Gasteiger partial charge >= 0.3 is 0 Å². The average molecular weight is 283 g/mol. The van der Waals surface area contributed by atoms with Crippen LogP contribution in [0.2, 0.25) is 5.02 Å². The molecule has 0 aliphatic heterocycles. The smallest absolute Gasteiger partial charge is 0.131 e. The van der Waals surface area contributed by atoms with E-state index in [1.807, 2.05) is 14.0 Å². The molecule has 0 N–H and O–H groups in total. The molecular weight excluding hydrogens is 267 g/mol. The molecule has 1 aromatic heterocycles. The molecule has 0 atom stereocenters. The number of hydrogen-bond acceptors (Lipinski definition) is 2. The van der Waals surface area contributed by atoms with Crippen LogP contribution in [-0.2, 0) is 20.1 Å². The summed E-state index contributed by atoms with van der Waals surface area (Å²) in [5.41, 5.74) is 2.24. The molecule has 19 heavy (non-hydrogen) atoms. The molecule has 0 aliphatic rings. The molecule has 0 spiro atoms. The summed E-state index contributed by atoms with van der Waals surface area (Å²) in [7, 11) is 1.83.